The number of nitrogens with zero attached hydrogens (tertiary/aromatic N) is 2. The summed E-state index contributed by atoms with van der Waals surface area (Å²) in [6.07, 6.45) is 3.10. The van der Waals surface area contributed by atoms with Gasteiger partial charge in [-0.1, -0.05) is 37.7 Å². The molecule has 1 atom stereocenters. The van der Waals surface area contributed by atoms with E-state index in [-0.39, 0.29) is 23.4 Å². The molecule has 1 saturated carbocycles. The number of rotatable bonds is 7. The molecule has 1 fully saturated rings. The fraction of sp³-hybridized carbons (Fsp3) is 0.471. The molecule has 1 aliphatic rings. The summed E-state index contributed by atoms with van der Waals surface area (Å²) in [6, 6.07) is 8.21. The van der Waals surface area contributed by atoms with Gasteiger partial charge in [-0.3, -0.25) is 9.36 Å². The highest BCUT2D eigenvalue weighted by molar-refractivity contribution is 7.99. The smallest absolute Gasteiger partial charge is 0.325 e. The molecule has 128 valence electrons. The number of carbonyl (C=O) groups excluding carboxylic acids is 1. The Morgan fingerprint density at radius 3 is 2.75 bits per heavy atom. The van der Waals surface area contributed by atoms with E-state index in [1.54, 1.807) is 4.57 Å². The molecule has 7 heteroatoms. The lowest BCUT2D eigenvalue weighted by Crippen LogP contribution is -2.17. The van der Waals surface area contributed by atoms with Crippen LogP contribution in [-0.4, -0.2) is 26.4 Å². The van der Waals surface area contributed by atoms with Crippen molar-refractivity contribution in [2.45, 2.75) is 50.2 Å². The van der Waals surface area contributed by atoms with Crippen molar-refractivity contribution in [1.82, 2.24) is 14.8 Å². The molecular formula is C17H22N4O2S. The second-order valence-corrected chi connectivity index (χ2v) is 7.12. The Labute approximate surface area is 145 Å². The first-order chi connectivity index (χ1) is 11.6. The minimum atomic E-state index is -0.193. The summed E-state index contributed by atoms with van der Waals surface area (Å²) < 4.78 is 1.65. The zero-order valence-electron chi connectivity index (χ0n) is 13.9. The number of anilines is 1. The second-order valence-electron chi connectivity index (χ2n) is 6.18. The molecule has 0 aliphatic heterocycles. The van der Waals surface area contributed by atoms with E-state index in [1.165, 1.54) is 17.3 Å². The van der Waals surface area contributed by atoms with Gasteiger partial charge in [0.15, 0.2) is 5.16 Å². The van der Waals surface area contributed by atoms with E-state index in [4.69, 9.17) is 0 Å². The molecule has 1 aromatic heterocycles. The van der Waals surface area contributed by atoms with Gasteiger partial charge >= 0.3 is 5.69 Å². The Hall–Kier alpha value is -2.02. The van der Waals surface area contributed by atoms with E-state index in [0.29, 0.717) is 11.1 Å². The average molecular weight is 346 g/mol. The number of aromatic amines is 1. The first-order valence-electron chi connectivity index (χ1n) is 8.28. The van der Waals surface area contributed by atoms with Gasteiger partial charge in [0.1, 0.15) is 0 Å². The highest BCUT2D eigenvalue weighted by Gasteiger charge is 2.28. The van der Waals surface area contributed by atoms with Crippen molar-refractivity contribution >= 4 is 23.4 Å². The molecule has 24 heavy (non-hydrogen) atoms. The minimum Gasteiger partial charge on any atom is -0.325 e. The maximum absolute atomic E-state index is 12.1. The van der Waals surface area contributed by atoms with Crippen LogP contribution in [0.25, 0.3) is 0 Å². The van der Waals surface area contributed by atoms with Crippen LogP contribution < -0.4 is 11.0 Å². The summed E-state index contributed by atoms with van der Waals surface area (Å²) in [4.78, 5) is 23.8. The topological polar surface area (TPSA) is 79.8 Å². The van der Waals surface area contributed by atoms with Crippen LogP contribution in [0.5, 0.6) is 0 Å². The van der Waals surface area contributed by atoms with Crippen LogP contribution in [0.2, 0.25) is 0 Å². The summed E-state index contributed by atoms with van der Waals surface area (Å²) in [5.41, 5.74) is 1.87. The van der Waals surface area contributed by atoms with Gasteiger partial charge < -0.3 is 5.32 Å². The first kappa shape index (κ1) is 16.8. The Balaban J connectivity index is 1.55. The van der Waals surface area contributed by atoms with Gasteiger partial charge in [0.25, 0.3) is 0 Å². The largest absolute Gasteiger partial charge is 0.344 e. The third kappa shape index (κ3) is 3.90. The minimum absolute atomic E-state index is 0.103. The van der Waals surface area contributed by atoms with Crippen LogP contribution in [0.1, 0.15) is 50.6 Å². The van der Waals surface area contributed by atoms with Gasteiger partial charge in [-0.25, -0.2) is 9.89 Å². The van der Waals surface area contributed by atoms with Crippen LogP contribution in [0.3, 0.4) is 0 Å². The Kier molecular flexibility index (Phi) is 5.08. The normalized spacial score (nSPS) is 15.2. The van der Waals surface area contributed by atoms with Crippen molar-refractivity contribution in [3.05, 3.63) is 40.3 Å². The van der Waals surface area contributed by atoms with Crippen molar-refractivity contribution in [2.75, 3.05) is 11.1 Å². The number of aromatic nitrogens is 3. The molecule has 0 saturated heterocycles. The SMILES string of the molecule is CC[C@H](C)c1ccc(NC(=O)CSc2n[nH]c(=O)n2C2CC2)cc1. The summed E-state index contributed by atoms with van der Waals surface area (Å²) >= 11 is 1.28. The monoisotopic (exact) mass is 346 g/mol. The lowest BCUT2D eigenvalue weighted by molar-refractivity contribution is -0.113. The van der Waals surface area contributed by atoms with E-state index in [9.17, 15) is 9.59 Å². The van der Waals surface area contributed by atoms with Gasteiger partial charge in [-0.2, -0.15) is 0 Å². The molecular weight excluding hydrogens is 324 g/mol. The number of amides is 1. The number of H-pyrrole nitrogens is 1. The molecule has 3 rings (SSSR count). The Morgan fingerprint density at radius 1 is 1.42 bits per heavy atom. The summed E-state index contributed by atoms with van der Waals surface area (Å²) in [5, 5.41) is 9.93. The zero-order chi connectivity index (χ0) is 17.1. The van der Waals surface area contributed by atoms with E-state index < -0.39 is 0 Å². The molecule has 1 aromatic carbocycles. The van der Waals surface area contributed by atoms with Gasteiger partial charge in [0.2, 0.25) is 5.91 Å². The van der Waals surface area contributed by atoms with Crippen molar-refractivity contribution in [3.8, 4) is 0 Å². The standard InChI is InChI=1S/C17H22N4O2S/c1-3-11(2)12-4-6-13(7-5-12)18-15(22)10-24-17-20-19-16(23)21(17)14-8-9-14/h4-7,11,14H,3,8-10H2,1-2H3,(H,18,22)(H,19,23)/t11-/m0/s1. The summed E-state index contributed by atoms with van der Waals surface area (Å²) in [5.74, 6) is 0.641. The molecule has 1 amide bonds. The van der Waals surface area contributed by atoms with Crippen molar-refractivity contribution in [1.29, 1.82) is 0 Å². The molecule has 1 heterocycles. The van der Waals surface area contributed by atoms with Gasteiger partial charge in [-0.15, -0.1) is 5.10 Å². The van der Waals surface area contributed by atoms with Crippen LogP contribution >= 0.6 is 11.8 Å². The quantitative estimate of drug-likeness (QED) is 0.755. The van der Waals surface area contributed by atoms with E-state index in [1.807, 2.05) is 12.1 Å². The van der Waals surface area contributed by atoms with Gasteiger partial charge in [0, 0.05) is 11.7 Å². The van der Waals surface area contributed by atoms with E-state index in [2.05, 4.69) is 41.5 Å². The Bertz CT molecular complexity index is 762. The van der Waals surface area contributed by atoms with E-state index >= 15 is 0 Å². The van der Waals surface area contributed by atoms with Crippen LogP contribution in [0.15, 0.2) is 34.2 Å². The molecule has 1 aliphatic carbocycles. The molecule has 2 aromatic rings. The molecule has 2 N–H and O–H groups in total. The number of hydrogen-bond acceptors (Lipinski definition) is 4. The lowest BCUT2D eigenvalue weighted by atomic mass is 9.99. The second kappa shape index (κ2) is 7.25. The number of nitrogens with one attached hydrogen (secondary N) is 2. The van der Waals surface area contributed by atoms with Gasteiger partial charge in [0.05, 0.1) is 5.75 Å². The highest BCUT2D eigenvalue weighted by atomic mass is 32.2. The fourth-order valence-corrected chi connectivity index (χ4v) is 3.32. The van der Waals surface area contributed by atoms with Crippen molar-refractivity contribution < 1.29 is 4.79 Å². The van der Waals surface area contributed by atoms with E-state index in [0.717, 1.165) is 24.9 Å². The number of benzene rings is 1. The molecule has 0 bridgehead atoms. The first-order valence-corrected chi connectivity index (χ1v) is 9.26. The lowest BCUT2D eigenvalue weighted by Gasteiger charge is -2.10. The maximum atomic E-state index is 12.1. The summed E-state index contributed by atoms with van der Waals surface area (Å²) in [7, 11) is 0. The highest BCUT2D eigenvalue weighted by Crippen LogP contribution is 2.36. The third-order valence-corrected chi connectivity index (χ3v) is 5.25. The predicted molar refractivity (Wildman–Crippen MR) is 95.6 cm³/mol. The summed E-state index contributed by atoms with van der Waals surface area (Å²) in [6.45, 7) is 4.35. The average Bonchev–Trinajstić information content (AvgIpc) is 3.35. The zero-order valence-corrected chi connectivity index (χ0v) is 14.7. The maximum Gasteiger partial charge on any atom is 0.344 e. The van der Waals surface area contributed by atoms with Crippen LogP contribution in [0, 0.1) is 0 Å². The molecule has 0 spiro atoms. The third-order valence-electron chi connectivity index (χ3n) is 4.29. The molecule has 6 nitrogen and oxygen atoms in total. The predicted octanol–water partition coefficient (Wildman–Crippen LogP) is 3.15. The van der Waals surface area contributed by atoms with Crippen LogP contribution in [-0.2, 0) is 4.79 Å². The van der Waals surface area contributed by atoms with Crippen LogP contribution in [0.4, 0.5) is 5.69 Å². The number of carbonyl (C=O) groups is 1. The molecule has 0 unspecified atom stereocenters. The number of thioether (sulfide) groups is 1. The Morgan fingerprint density at radius 2 is 2.12 bits per heavy atom. The fourth-order valence-electron chi connectivity index (χ4n) is 2.50. The number of hydrogen-bond donors (Lipinski definition) is 2. The van der Waals surface area contributed by atoms with Crippen molar-refractivity contribution in [3.63, 3.8) is 0 Å². The van der Waals surface area contributed by atoms with Crippen molar-refractivity contribution in [2.24, 2.45) is 0 Å². The molecule has 0 radical (unpaired) electrons. The van der Waals surface area contributed by atoms with Gasteiger partial charge in [-0.05, 0) is 42.9 Å².